The first-order valence-corrected chi connectivity index (χ1v) is 5.99. The summed E-state index contributed by atoms with van der Waals surface area (Å²) in [5.74, 6) is -0.877. The van der Waals surface area contributed by atoms with Gasteiger partial charge < -0.3 is 10.4 Å². The summed E-state index contributed by atoms with van der Waals surface area (Å²) in [6.45, 7) is 2.13. The second-order valence-corrected chi connectivity index (χ2v) is 4.46. The van der Waals surface area contributed by atoms with E-state index in [1.807, 2.05) is 4.90 Å². The highest BCUT2D eigenvalue weighted by atomic mass is 16.6. The van der Waals surface area contributed by atoms with Gasteiger partial charge in [-0.15, -0.1) is 0 Å². The average molecular weight is 265 g/mol. The first-order valence-electron chi connectivity index (χ1n) is 5.99. The van der Waals surface area contributed by atoms with Crippen molar-refractivity contribution in [3.8, 4) is 0 Å². The molecule has 1 aromatic rings. The molecule has 0 bridgehead atoms. The number of nitro benzene ring substituents is 1. The normalized spacial score (nSPS) is 20.1. The van der Waals surface area contributed by atoms with Crippen LogP contribution in [0.1, 0.15) is 5.56 Å². The molecule has 1 unspecified atom stereocenters. The third-order valence-electron chi connectivity index (χ3n) is 3.15. The maximum atomic E-state index is 11.1. The van der Waals surface area contributed by atoms with Gasteiger partial charge in [0.05, 0.1) is 4.92 Å². The number of hydrogen-bond acceptors (Lipinski definition) is 5. The van der Waals surface area contributed by atoms with Crippen molar-refractivity contribution < 1.29 is 14.8 Å². The summed E-state index contributed by atoms with van der Waals surface area (Å²) in [7, 11) is 0. The second-order valence-electron chi connectivity index (χ2n) is 4.46. The number of aliphatic carboxylic acids is 1. The van der Waals surface area contributed by atoms with Crippen LogP contribution < -0.4 is 5.32 Å². The highest BCUT2D eigenvalue weighted by Crippen LogP contribution is 2.16. The van der Waals surface area contributed by atoms with Gasteiger partial charge in [0, 0.05) is 38.3 Å². The molecule has 2 rings (SSSR count). The Balaban J connectivity index is 2.12. The molecule has 0 radical (unpaired) electrons. The number of rotatable bonds is 4. The van der Waals surface area contributed by atoms with Gasteiger partial charge in [0.15, 0.2) is 0 Å². The van der Waals surface area contributed by atoms with Gasteiger partial charge in [-0.1, -0.05) is 12.1 Å². The summed E-state index contributed by atoms with van der Waals surface area (Å²) >= 11 is 0. The molecule has 7 heteroatoms. The lowest BCUT2D eigenvalue weighted by Gasteiger charge is -2.33. The zero-order chi connectivity index (χ0) is 13.8. The summed E-state index contributed by atoms with van der Waals surface area (Å²) < 4.78 is 0. The van der Waals surface area contributed by atoms with Crippen molar-refractivity contribution in [2.45, 2.75) is 12.6 Å². The maximum absolute atomic E-state index is 11.1. The van der Waals surface area contributed by atoms with Gasteiger partial charge in [0.2, 0.25) is 0 Å². The molecule has 0 amide bonds. The van der Waals surface area contributed by atoms with E-state index in [-0.39, 0.29) is 5.69 Å². The molecule has 19 heavy (non-hydrogen) atoms. The van der Waals surface area contributed by atoms with E-state index in [9.17, 15) is 14.9 Å². The monoisotopic (exact) mass is 265 g/mol. The summed E-state index contributed by atoms with van der Waals surface area (Å²) in [6, 6.07) is 5.71. The molecule has 0 saturated carbocycles. The third-order valence-corrected chi connectivity index (χ3v) is 3.15. The van der Waals surface area contributed by atoms with Crippen LogP contribution in [0.2, 0.25) is 0 Å². The summed E-state index contributed by atoms with van der Waals surface area (Å²) in [6.07, 6.45) is 0. The average Bonchev–Trinajstić information content (AvgIpc) is 2.39. The number of carbonyl (C=O) groups is 1. The molecule has 1 heterocycles. The zero-order valence-corrected chi connectivity index (χ0v) is 10.3. The molecule has 0 aliphatic carbocycles. The van der Waals surface area contributed by atoms with Gasteiger partial charge >= 0.3 is 5.97 Å². The number of carboxylic acids is 1. The fourth-order valence-corrected chi connectivity index (χ4v) is 2.18. The molecular weight excluding hydrogens is 250 g/mol. The van der Waals surface area contributed by atoms with Crippen LogP contribution in [0.3, 0.4) is 0 Å². The van der Waals surface area contributed by atoms with Gasteiger partial charge in [0.1, 0.15) is 6.04 Å². The minimum atomic E-state index is -0.877. The number of carboxylic acid groups (broad SMARTS) is 1. The lowest BCUT2D eigenvalue weighted by Crippen LogP contribution is -2.54. The first-order chi connectivity index (χ1) is 9.08. The van der Waals surface area contributed by atoms with Gasteiger partial charge in [-0.3, -0.25) is 19.8 Å². The Morgan fingerprint density at radius 2 is 2.37 bits per heavy atom. The van der Waals surface area contributed by atoms with Crippen LogP contribution in [0.4, 0.5) is 5.69 Å². The molecule has 102 valence electrons. The molecule has 2 N–H and O–H groups in total. The van der Waals surface area contributed by atoms with Crippen LogP contribution in [-0.4, -0.2) is 46.6 Å². The van der Waals surface area contributed by atoms with E-state index in [2.05, 4.69) is 5.32 Å². The predicted octanol–water partition coefficient (Wildman–Crippen LogP) is 0.453. The molecule has 0 aromatic heterocycles. The Morgan fingerprint density at radius 1 is 1.58 bits per heavy atom. The Labute approximate surface area is 110 Å². The Hall–Kier alpha value is -1.99. The lowest BCUT2D eigenvalue weighted by atomic mass is 10.1. The van der Waals surface area contributed by atoms with E-state index in [1.165, 1.54) is 12.1 Å². The molecule has 1 atom stereocenters. The zero-order valence-electron chi connectivity index (χ0n) is 10.3. The largest absolute Gasteiger partial charge is 0.480 e. The summed E-state index contributed by atoms with van der Waals surface area (Å²) in [5.41, 5.74) is 0.779. The van der Waals surface area contributed by atoms with E-state index < -0.39 is 16.9 Å². The van der Waals surface area contributed by atoms with Gasteiger partial charge in [-0.05, 0) is 5.56 Å². The van der Waals surface area contributed by atoms with E-state index in [0.717, 1.165) is 12.1 Å². The molecule has 1 aromatic carbocycles. The first kappa shape index (κ1) is 13.4. The molecule has 0 spiro atoms. The molecule has 1 aliphatic heterocycles. The number of nitrogens with zero attached hydrogens (tertiary/aromatic N) is 2. The minimum absolute atomic E-state index is 0.0273. The van der Waals surface area contributed by atoms with Crippen molar-refractivity contribution in [3.63, 3.8) is 0 Å². The maximum Gasteiger partial charge on any atom is 0.322 e. The van der Waals surface area contributed by atoms with Crippen LogP contribution in [0.5, 0.6) is 0 Å². The van der Waals surface area contributed by atoms with Crippen LogP contribution in [0, 0.1) is 10.1 Å². The fourth-order valence-electron chi connectivity index (χ4n) is 2.18. The van der Waals surface area contributed by atoms with E-state index in [0.29, 0.717) is 19.6 Å². The SMILES string of the molecule is O=C(O)C1CNCCN1Cc1cccc([N+](=O)[O-])c1. The van der Waals surface area contributed by atoms with Gasteiger partial charge in [-0.25, -0.2) is 0 Å². The summed E-state index contributed by atoms with van der Waals surface area (Å²) in [5, 5.41) is 22.9. The van der Waals surface area contributed by atoms with Crippen LogP contribution in [0.15, 0.2) is 24.3 Å². The van der Waals surface area contributed by atoms with Gasteiger partial charge in [0.25, 0.3) is 5.69 Å². The molecule has 7 nitrogen and oxygen atoms in total. The van der Waals surface area contributed by atoms with Crippen molar-refractivity contribution in [2.75, 3.05) is 19.6 Å². The smallest absolute Gasteiger partial charge is 0.322 e. The molecule has 1 aliphatic rings. The minimum Gasteiger partial charge on any atom is -0.480 e. The Bertz CT molecular complexity index is 492. The van der Waals surface area contributed by atoms with E-state index in [4.69, 9.17) is 5.11 Å². The van der Waals surface area contributed by atoms with Crippen molar-refractivity contribution in [1.82, 2.24) is 10.2 Å². The number of non-ortho nitro benzene ring substituents is 1. The molecule has 1 saturated heterocycles. The number of benzene rings is 1. The second kappa shape index (κ2) is 5.77. The number of nitro groups is 1. The topological polar surface area (TPSA) is 95.7 Å². The van der Waals surface area contributed by atoms with E-state index >= 15 is 0 Å². The van der Waals surface area contributed by atoms with Crippen molar-refractivity contribution in [2.24, 2.45) is 0 Å². The van der Waals surface area contributed by atoms with Crippen molar-refractivity contribution in [1.29, 1.82) is 0 Å². The summed E-state index contributed by atoms with van der Waals surface area (Å²) in [4.78, 5) is 23.2. The highest BCUT2D eigenvalue weighted by molar-refractivity contribution is 5.74. The van der Waals surface area contributed by atoms with Crippen LogP contribution in [0.25, 0.3) is 0 Å². The number of nitrogens with one attached hydrogen (secondary N) is 1. The fraction of sp³-hybridized carbons (Fsp3) is 0.417. The van der Waals surface area contributed by atoms with Gasteiger partial charge in [-0.2, -0.15) is 0 Å². The number of hydrogen-bond donors (Lipinski definition) is 2. The molecule has 1 fully saturated rings. The third kappa shape index (κ3) is 3.27. The van der Waals surface area contributed by atoms with Crippen molar-refractivity contribution >= 4 is 11.7 Å². The Morgan fingerprint density at radius 3 is 3.05 bits per heavy atom. The van der Waals surface area contributed by atoms with E-state index in [1.54, 1.807) is 12.1 Å². The quantitative estimate of drug-likeness (QED) is 0.606. The number of piperazine rings is 1. The lowest BCUT2D eigenvalue weighted by molar-refractivity contribution is -0.384. The molecular formula is C12H15N3O4. The van der Waals surface area contributed by atoms with Crippen molar-refractivity contribution in [3.05, 3.63) is 39.9 Å². The van der Waals surface area contributed by atoms with Crippen LogP contribution in [-0.2, 0) is 11.3 Å². The highest BCUT2D eigenvalue weighted by Gasteiger charge is 2.28. The van der Waals surface area contributed by atoms with Crippen LogP contribution >= 0.6 is 0 Å². The predicted molar refractivity (Wildman–Crippen MR) is 67.8 cm³/mol. The standard InChI is InChI=1S/C12H15N3O4/c16-12(17)11-7-13-4-5-14(11)8-9-2-1-3-10(6-9)15(18)19/h1-3,6,11,13H,4-5,7-8H2,(H,16,17). The Kier molecular flexibility index (Phi) is 4.08.